The number of carboxylic acids is 1. The molecule has 0 radical (unpaired) electrons. The molecule has 1 heterocycles. The predicted octanol–water partition coefficient (Wildman–Crippen LogP) is 1.34. The molecule has 0 atom stereocenters. The molecule has 0 aromatic rings. The van der Waals surface area contributed by atoms with Crippen LogP contribution in [-0.4, -0.2) is 46.0 Å². The maximum absolute atomic E-state index is 11.2. The van der Waals surface area contributed by atoms with Crippen molar-refractivity contribution in [2.45, 2.75) is 44.9 Å². The summed E-state index contributed by atoms with van der Waals surface area (Å²) >= 11 is 0. The number of aliphatic carboxylic acids is 1. The number of hydrogen-bond donors (Lipinski definition) is 2. The Kier molecular flexibility index (Phi) is 10.2. The van der Waals surface area contributed by atoms with Crippen LogP contribution in [0.25, 0.3) is 0 Å². The van der Waals surface area contributed by atoms with Crippen LogP contribution in [0.4, 0.5) is 0 Å². The van der Waals surface area contributed by atoms with Gasteiger partial charge in [-0.2, -0.15) is 0 Å². The van der Waals surface area contributed by atoms with Gasteiger partial charge in [0.1, 0.15) is 0 Å². The minimum absolute atomic E-state index is 0.0182. The van der Waals surface area contributed by atoms with Crippen molar-refractivity contribution < 1.29 is 24.6 Å². The first-order chi connectivity index (χ1) is 9.52. The summed E-state index contributed by atoms with van der Waals surface area (Å²) in [5, 5.41) is 16.2. The van der Waals surface area contributed by atoms with Gasteiger partial charge in [-0.05, 0) is 12.8 Å². The molecular formula is C14H23NO5. The van der Waals surface area contributed by atoms with E-state index in [1.54, 1.807) is 0 Å². The summed E-state index contributed by atoms with van der Waals surface area (Å²) < 4.78 is 0. The molecule has 1 saturated heterocycles. The minimum Gasteiger partial charge on any atom is -0.478 e. The van der Waals surface area contributed by atoms with Crippen molar-refractivity contribution in [3.8, 4) is 0 Å². The Bertz CT molecular complexity index is 324. The number of aliphatic hydroxyl groups excluding tert-OH is 1. The van der Waals surface area contributed by atoms with Gasteiger partial charge >= 0.3 is 5.97 Å². The van der Waals surface area contributed by atoms with E-state index in [9.17, 15) is 14.4 Å². The molecule has 0 aliphatic carbocycles. The van der Waals surface area contributed by atoms with E-state index in [1.165, 1.54) is 4.90 Å². The number of carbonyl (C=O) groups excluding carboxylic acids is 2. The van der Waals surface area contributed by atoms with Crippen LogP contribution in [0.2, 0.25) is 0 Å². The fraction of sp³-hybridized carbons (Fsp3) is 0.643. The monoisotopic (exact) mass is 285 g/mol. The second-order valence-corrected chi connectivity index (χ2v) is 4.47. The summed E-state index contributed by atoms with van der Waals surface area (Å²) in [6.07, 6.45) is 6.48. The SMILES string of the molecule is C=CC(=O)O.O=C1CCC(=O)N1CCCCCCCO. The molecule has 6 heteroatoms. The van der Waals surface area contributed by atoms with Gasteiger partial charge in [0.25, 0.3) is 0 Å². The quantitative estimate of drug-likeness (QED) is 0.398. The fourth-order valence-corrected chi connectivity index (χ4v) is 1.78. The Morgan fingerprint density at radius 3 is 2.00 bits per heavy atom. The third-order valence-electron chi connectivity index (χ3n) is 2.87. The number of imide groups is 1. The predicted molar refractivity (Wildman–Crippen MR) is 74.0 cm³/mol. The summed E-state index contributed by atoms with van der Waals surface area (Å²) in [5.74, 6) is -1.02. The highest BCUT2D eigenvalue weighted by molar-refractivity contribution is 6.01. The van der Waals surface area contributed by atoms with E-state index in [2.05, 4.69) is 6.58 Å². The lowest BCUT2D eigenvalue weighted by Gasteiger charge is -2.12. The van der Waals surface area contributed by atoms with E-state index in [4.69, 9.17) is 10.2 Å². The van der Waals surface area contributed by atoms with E-state index >= 15 is 0 Å². The van der Waals surface area contributed by atoms with Gasteiger partial charge in [-0.25, -0.2) is 4.79 Å². The van der Waals surface area contributed by atoms with Crippen LogP contribution in [0.1, 0.15) is 44.9 Å². The van der Waals surface area contributed by atoms with Crippen molar-refractivity contribution in [3.05, 3.63) is 12.7 Å². The highest BCUT2D eigenvalue weighted by Gasteiger charge is 2.27. The molecule has 1 aliphatic rings. The second kappa shape index (κ2) is 11.2. The molecule has 1 aliphatic heterocycles. The first-order valence-electron chi connectivity index (χ1n) is 6.82. The van der Waals surface area contributed by atoms with Crippen molar-refractivity contribution in [1.29, 1.82) is 0 Å². The van der Waals surface area contributed by atoms with Crippen molar-refractivity contribution in [2.75, 3.05) is 13.2 Å². The van der Waals surface area contributed by atoms with Crippen LogP contribution in [0, 0.1) is 0 Å². The van der Waals surface area contributed by atoms with E-state index in [0.29, 0.717) is 19.4 Å². The molecule has 114 valence electrons. The number of hydrogen-bond acceptors (Lipinski definition) is 4. The average Bonchev–Trinajstić information content (AvgIpc) is 2.74. The maximum atomic E-state index is 11.2. The molecule has 0 spiro atoms. The number of unbranched alkanes of at least 4 members (excludes halogenated alkanes) is 4. The lowest BCUT2D eigenvalue weighted by molar-refractivity contribution is -0.138. The normalized spacial score (nSPS) is 13.9. The Morgan fingerprint density at radius 2 is 1.55 bits per heavy atom. The highest BCUT2D eigenvalue weighted by atomic mass is 16.4. The summed E-state index contributed by atoms with van der Waals surface area (Å²) in [7, 11) is 0. The van der Waals surface area contributed by atoms with Crippen LogP contribution in [0.15, 0.2) is 12.7 Å². The summed E-state index contributed by atoms with van der Waals surface area (Å²) in [6, 6.07) is 0. The lowest BCUT2D eigenvalue weighted by atomic mass is 10.1. The number of carboxylic acid groups (broad SMARTS) is 1. The topological polar surface area (TPSA) is 94.9 Å². The molecule has 0 unspecified atom stereocenters. The van der Waals surface area contributed by atoms with Crippen molar-refractivity contribution in [3.63, 3.8) is 0 Å². The van der Waals surface area contributed by atoms with Crippen molar-refractivity contribution in [1.82, 2.24) is 4.90 Å². The fourth-order valence-electron chi connectivity index (χ4n) is 1.78. The number of carbonyl (C=O) groups is 3. The lowest BCUT2D eigenvalue weighted by Crippen LogP contribution is -2.29. The third-order valence-corrected chi connectivity index (χ3v) is 2.87. The first kappa shape index (κ1) is 18.3. The van der Waals surface area contributed by atoms with Crippen LogP contribution < -0.4 is 0 Å². The molecule has 0 aromatic heterocycles. The standard InChI is InChI=1S/C11H19NO3.C3H4O2/c13-9-5-3-1-2-4-8-12-10(14)6-7-11(12)15;1-2-3(4)5/h13H,1-9H2;2H,1H2,(H,4,5). The van der Waals surface area contributed by atoms with Gasteiger partial charge in [-0.15, -0.1) is 0 Å². The molecule has 1 fully saturated rings. The number of amides is 2. The zero-order valence-corrected chi connectivity index (χ0v) is 11.7. The van der Waals surface area contributed by atoms with Gasteiger partial charge in [0.2, 0.25) is 11.8 Å². The molecule has 2 amide bonds. The van der Waals surface area contributed by atoms with E-state index in [0.717, 1.165) is 38.2 Å². The zero-order valence-electron chi connectivity index (χ0n) is 11.7. The van der Waals surface area contributed by atoms with E-state index < -0.39 is 5.97 Å². The van der Waals surface area contributed by atoms with Crippen LogP contribution >= 0.6 is 0 Å². The van der Waals surface area contributed by atoms with E-state index in [-0.39, 0.29) is 18.4 Å². The highest BCUT2D eigenvalue weighted by Crippen LogP contribution is 2.13. The van der Waals surface area contributed by atoms with Crippen LogP contribution in [-0.2, 0) is 14.4 Å². The molecule has 20 heavy (non-hydrogen) atoms. The van der Waals surface area contributed by atoms with Gasteiger partial charge in [0.05, 0.1) is 0 Å². The van der Waals surface area contributed by atoms with Gasteiger partial charge in [-0.1, -0.05) is 25.8 Å². The number of likely N-dealkylation sites (tertiary alicyclic amines) is 1. The molecule has 0 bridgehead atoms. The van der Waals surface area contributed by atoms with Gasteiger partial charge in [-0.3, -0.25) is 14.5 Å². The second-order valence-electron chi connectivity index (χ2n) is 4.47. The molecule has 0 aromatic carbocycles. The summed E-state index contributed by atoms with van der Waals surface area (Å²) in [5.41, 5.74) is 0. The zero-order chi connectivity index (χ0) is 15.4. The van der Waals surface area contributed by atoms with Crippen molar-refractivity contribution >= 4 is 17.8 Å². The summed E-state index contributed by atoms with van der Waals surface area (Å²) in [6.45, 7) is 3.79. The Labute approximate surface area is 119 Å². The third kappa shape index (κ3) is 8.42. The van der Waals surface area contributed by atoms with Crippen LogP contribution in [0.3, 0.4) is 0 Å². The number of aliphatic hydroxyl groups is 1. The number of nitrogens with zero attached hydrogens (tertiary/aromatic N) is 1. The first-order valence-corrected chi connectivity index (χ1v) is 6.82. The van der Waals surface area contributed by atoms with E-state index in [1.807, 2.05) is 0 Å². The van der Waals surface area contributed by atoms with Crippen LogP contribution in [0.5, 0.6) is 0 Å². The molecule has 6 nitrogen and oxygen atoms in total. The average molecular weight is 285 g/mol. The van der Waals surface area contributed by atoms with Gasteiger partial charge in [0, 0.05) is 32.1 Å². The maximum Gasteiger partial charge on any atom is 0.327 e. The van der Waals surface area contributed by atoms with Crippen molar-refractivity contribution in [2.24, 2.45) is 0 Å². The number of rotatable bonds is 8. The molecule has 2 N–H and O–H groups in total. The largest absolute Gasteiger partial charge is 0.478 e. The Hall–Kier alpha value is -1.69. The smallest absolute Gasteiger partial charge is 0.327 e. The molecule has 0 saturated carbocycles. The Morgan fingerprint density at radius 1 is 1.10 bits per heavy atom. The molecular weight excluding hydrogens is 262 g/mol. The Balaban J connectivity index is 0.000000621. The minimum atomic E-state index is -0.981. The van der Waals surface area contributed by atoms with Gasteiger partial charge < -0.3 is 10.2 Å². The molecule has 1 rings (SSSR count). The summed E-state index contributed by atoms with van der Waals surface area (Å²) in [4.78, 5) is 33.1. The van der Waals surface area contributed by atoms with Gasteiger partial charge in [0.15, 0.2) is 0 Å².